The van der Waals surface area contributed by atoms with Crippen LogP contribution in [-0.4, -0.2) is 55.1 Å². The molecule has 1 aliphatic heterocycles. The van der Waals surface area contributed by atoms with Crippen molar-refractivity contribution < 1.29 is 14.4 Å². The average molecular weight is 405 g/mol. The summed E-state index contributed by atoms with van der Waals surface area (Å²) in [7, 11) is 0. The molecular weight excluding hydrogens is 374 g/mol. The Hall–Kier alpha value is -2.92. The molecule has 1 saturated heterocycles. The van der Waals surface area contributed by atoms with Crippen LogP contribution >= 0.6 is 0 Å². The Morgan fingerprint density at radius 2 is 1.73 bits per heavy atom. The van der Waals surface area contributed by atoms with Gasteiger partial charge in [0.2, 0.25) is 5.91 Å². The van der Waals surface area contributed by atoms with E-state index in [1.165, 1.54) is 10.5 Å². The predicted octanol–water partition coefficient (Wildman–Crippen LogP) is 2.20. The Morgan fingerprint density at radius 1 is 1.03 bits per heavy atom. The fraction of sp³-hybridized carbons (Fsp3) is 0.360. The van der Waals surface area contributed by atoms with E-state index in [-0.39, 0.29) is 5.91 Å². The fourth-order valence-electron chi connectivity index (χ4n) is 4.25. The van der Waals surface area contributed by atoms with Gasteiger partial charge in [0, 0.05) is 11.1 Å². The van der Waals surface area contributed by atoms with E-state index >= 15 is 0 Å². The lowest BCUT2D eigenvalue weighted by atomic mass is 9.99. The van der Waals surface area contributed by atoms with Crippen molar-refractivity contribution in [1.29, 1.82) is 0 Å². The van der Waals surface area contributed by atoms with Crippen molar-refractivity contribution in [1.82, 2.24) is 9.88 Å². The number of benzene rings is 2. The molecule has 1 N–H and O–H groups in total. The van der Waals surface area contributed by atoms with Gasteiger partial charge in [-0.3, -0.25) is 9.78 Å². The molecular formula is C25H30N3O2+. The van der Waals surface area contributed by atoms with E-state index < -0.39 is 0 Å². The molecule has 0 bridgehead atoms. The maximum atomic E-state index is 13.0. The number of amides is 1. The number of aryl methyl sites for hydroxylation is 2. The van der Waals surface area contributed by atoms with E-state index in [0.29, 0.717) is 13.0 Å². The van der Waals surface area contributed by atoms with Gasteiger partial charge in [-0.2, -0.15) is 0 Å². The maximum Gasteiger partial charge on any atom is 0.227 e. The quantitative estimate of drug-likeness (QED) is 0.685. The zero-order valence-electron chi connectivity index (χ0n) is 17.9. The molecule has 156 valence electrons. The summed E-state index contributed by atoms with van der Waals surface area (Å²) in [6.07, 6.45) is 0.432. The summed E-state index contributed by atoms with van der Waals surface area (Å²) in [5.74, 6) is 1.12. The summed E-state index contributed by atoms with van der Waals surface area (Å²) < 4.78 is 5.82. The van der Waals surface area contributed by atoms with Crippen LogP contribution in [0.2, 0.25) is 0 Å². The summed E-state index contributed by atoms with van der Waals surface area (Å²) >= 11 is 0. The van der Waals surface area contributed by atoms with E-state index in [9.17, 15) is 4.79 Å². The average Bonchev–Trinajstić information content (AvgIpc) is 2.78. The highest BCUT2D eigenvalue weighted by Crippen LogP contribution is 2.23. The minimum absolute atomic E-state index is 0.206. The molecule has 1 amide bonds. The number of hydrogen-bond acceptors (Lipinski definition) is 3. The van der Waals surface area contributed by atoms with Gasteiger partial charge in [-0.15, -0.1) is 0 Å². The number of ether oxygens (including phenoxy) is 1. The van der Waals surface area contributed by atoms with Crippen molar-refractivity contribution >= 4 is 16.8 Å². The van der Waals surface area contributed by atoms with Gasteiger partial charge in [-0.1, -0.05) is 36.4 Å². The number of nitrogens with one attached hydrogen (secondary N) is 1. The van der Waals surface area contributed by atoms with Crippen LogP contribution in [0.25, 0.3) is 10.9 Å². The third kappa shape index (κ3) is 4.62. The number of carbonyl (C=O) groups is 1. The molecule has 2 aromatic carbocycles. The minimum Gasteiger partial charge on any atom is -0.488 e. The number of piperazine rings is 1. The zero-order chi connectivity index (χ0) is 20.9. The van der Waals surface area contributed by atoms with Crippen molar-refractivity contribution in [3.05, 3.63) is 71.4 Å². The molecule has 5 nitrogen and oxygen atoms in total. The summed E-state index contributed by atoms with van der Waals surface area (Å²) in [5, 5.41) is 1.14. The van der Waals surface area contributed by atoms with Crippen molar-refractivity contribution in [3.8, 4) is 5.75 Å². The number of nitrogens with zero attached hydrogens (tertiary/aromatic N) is 2. The molecule has 3 aromatic rings. The van der Waals surface area contributed by atoms with Crippen LogP contribution in [0.3, 0.4) is 0 Å². The van der Waals surface area contributed by atoms with Gasteiger partial charge in [-0.25, -0.2) is 0 Å². The van der Waals surface area contributed by atoms with Crippen molar-refractivity contribution in [2.75, 3.05) is 39.3 Å². The number of fused-ring (bicyclic) bond motifs is 1. The Morgan fingerprint density at radius 3 is 2.50 bits per heavy atom. The van der Waals surface area contributed by atoms with E-state index in [2.05, 4.69) is 13.0 Å². The topological polar surface area (TPSA) is 46.9 Å². The molecule has 0 radical (unpaired) electrons. The van der Waals surface area contributed by atoms with Crippen LogP contribution < -0.4 is 9.64 Å². The lowest BCUT2D eigenvalue weighted by molar-refractivity contribution is -0.904. The number of aromatic nitrogens is 1. The van der Waals surface area contributed by atoms with Gasteiger partial charge in [0.05, 0.1) is 38.1 Å². The van der Waals surface area contributed by atoms with Crippen molar-refractivity contribution in [3.63, 3.8) is 0 Å². The summed E-state index contributed by atoms with van der Waals surface area (Å²) in [6.45, 7) is 9.33. The summed E-state index contributed by atoms with van der Waals surface area (Å²) in [4.78, 5) is 21.2. The number of quaternary nitrogens is 1. The zero-order valence-corrected chi connectivity index (χ0v) is 17.9. The molecule has 1 aromatic heterocycles. The number of rotatable bonds is 6. The monoisotopic (exact) mass is 404 g/mol. The largest absolute Gasteiger partial charge is 0.488 e. The number of pyridine rings is 1. The first-order valence-electron chi connectivity index (χ1n) is 10.8. The second-order valence-corrected chi connectivity index (χ2v) is 8.04. The third-order valence-corrected chi connectivity index (χ3v) is 6.10. The smallest absolute Gasteiger partial charge is 0.227 e. The molecule has 1 fully saturated rings. The van der Waals surface area contributed by atoms with Crippen LogP contribution in [0.4, 0.5) is 0 Å². The van der Waals surface area contributed by atoms with E-state index in [0.717, 1.165) is 60.6 Å². The predicted molar refractivity (Wildman–Crippen MR) is 119 cm³/mol. The first kappa shape index (κ1) is 20.4. The normalized spacial score (nSPS) is 14.8. The molecule has 4 rings (SSSR count). The highest BCUT2D eigenvalue weighted by molar-refractivity contribution is 5.86. The minimum atomic E-state index is 0.206. The number of carbonyl (C=O) groups excluding carboxylic acids is 1. The lowest BCUT2D eigenvalue weighted by Gasteiger charge is -2.32. The molecule has 30 heavy (non-hydrogen) atoms. The first-order valence-corrected chi connectivity index (χ1v) is 10.8. The van der Waals surface area contributed by atoms with Gasteiger partial charge in [-0.05, 0) is 43.2 Å². The van der Waals surface area contributed by atoms with E-state index in [1.807, 2.05) is 60.4 Å². The Bertz CT molecular complexity index is 1010. The molecule has 0 saturated carbocycles. The van der Waals surface area contributed by atoms with Crippen molar-refractivity contribution in [2.24, 2.45) is 0 Å². The summed E-state index contributed by atoms with van der Waals surface area (Å²) in [6, 6.07) is 18.1. The van der Waals surface area contributed by atoms with Gasteiger partial charge in [0.15, 0.2) is 0 Å². The van der Waals surface area contributed by atoms with Crippen LogP contribution in [0.15, 0.2) is 54.6 Å². The van der Waals surface area contributed by atoms with E-state index in [4.69, 9.17) is 9.72 Å². The van der Waals surface area contributed by atoms with Crippen LogP contribution in [-0.2, 0) is 11.2 Å². The molecule has 2 heterocycles. The van der Waals surface area contributed by atoms with Crippen molar-refractivity contribution in [2.45, 2.75) is 20.3 Å². The Balaban J connectivity index is 1.30. The van der Waals surface area contributed by atoms with Gasteiger partial charge in [0.25, 0.3) is 0 Å². The maximum absolute atomic E-state index is 13.0. The fourth-order valence-corrected chi connectivity index (χ4v) is 4.25. The number of hydrogen-bond donors (Lipinski definition) is 1. The molecule has 5 heteroatoms. The molecule has 0 atom stereocenters. The Labute approximate surface area is 178 Å². The second kappa shape index (κ2) is 9.26. The van der Waals surface area contributed by atoms with Crippen LogP contribution in [0.5, 0.6) is 5.75 Å². The first-order chi connectivity index (χ1) is 14.6. The molecule has 0 unspecified atom stereocenters. The highest BCUT2D eigenvalue weighted by Gasteiger charge is 2.24. The van der Waals surface area contributed by atoms with Crippen LogP contribution in [0.1, 0.15) is 16.8 Å². The summed E-state index contributed by atoms with van der Waals surface area (Å²) in [5.41, 5.74) is 4.21. The van der Waals surface area contributed by atoms with Crippen LogP contribution in [0, 0.1) is 13.8 Å². The number of para-hydroxylation sites is 2. The second-order valence-electron chi connectivity index (χ2n) is 8.04. The SMILES string of the molecule is Cc1nc2ccccc2c(C)c1CC(=O)N1CC[NH+](CCOc2ccccc2)CC1. The van der Waals surface area contributed by atoms with Gasteiger partial charge >= 0.3 is 0 Å². The van der Waals surface area contributed by atoms with E-state index in [1.54, 1.807) is 0 Å². The molecule has 1 aliphatic rings. The highest BCUT2D eigenvalue weighted by atomic mass is 16.5. The molecule has 0 aliphatic carbocycles. The molecule has 0 spiro atoms. The van der Waals surface area contributed by atoms with Gasteiger partial charge < -0.3 is 14.5 Å². The standard InChI is InChI=1S/C25H29N3O2/c1-19-22-10-6-7-11-24(22)26-20(2)23(19)18-25(29)28-14-12-27(13-15-28)16-17-30-21-8-4-3-5-9-21/h3-11H,12-18H2,1-2H3/p+1. The van der Waals surface area contributed by atoms with Gasteiger partial charge in [0.1, 0.15) is 18.9 Å². The Kier molecular flexibility index (Phi) is 6.29. The third-order valence-electron chi connectivity index (χ3n) is 6.10. The lowest BCUT2D eigenvalue weighted by Crippen LogP contribution is -3.15.